The molecule has 256 valence electrons. The van der Waals surface area contributed by atoms with Gasteiger partial charge in [0.1, 0.15) is 5.54 Å². The first-order valence-corrected chi connectivity index (χ1v) is 16.9. The van der Waals surface area contributed by atoms with Crippen LogP contribution in [0.15, 0.2) is 60.9 Å². The molecule has 1 spiro atoms. The van der Waals surface area contributed by atoms with Gasteiger partial charge in [-0.3, -0.25) is 24.0 Å². The van der Waals surface area contributed by atoms with Crippen LogP contribution >= 0.6 is 0 Å². The van der Waals surface area contributed by atoms with E-state index in [4.69, 9.17) is 4.74 Å². The van der Waals surface area contributed by atoms with Gasteiger partial charge in [0.15, 0.2) is 5.82 Å². The molecule has 3 N–H and O–H groups in total. The fourth-order valence-electron chi connectivity index (χ4n) is 7.07. The first-order chi connectivity index (χ1) is 23.7. The third-order valence-electron chi connectivity index (χ3n) is 10.0. The van der Waals surface area contributed by atoms with E-state index in [0.29, 0.717) is 61.5 Å². The van der Waals surface area contributed by atoms with Gasteiger partial charge in [-0.2, -0.15) is 5.10 Å². The number of rotatable bonds is 9. The minimum atomic E-state index is -0.354. The number of fused-ring (bicyclic) bond motifs is 2. The van der Waals surface area contributed by atoms with Crippen LogP contribution in [-0.2, 0) is 29.9 Å². The second-order valence-corrected chi connectivity index (χ2v) is 13.4. The first-order valence-electron chi connectivity index (χ1n) is 16.9. The fraction of sp³-hybridized carbons (Fsp3) is 0.417. The quantitative estimate of drug-likeness (QED) is 0.248. The van der Waals surface area contributed by atoms with Crippen molar-refractivity contribution in [3.63, 3.8) is 0 Å². The molecule has 4 aromatic rings. The molecule has 0 atom stereocenters. The summed E-state index contributed by atoms with van der Waals surface area (Å²) >= 11 is 0. The number of imidazole rings is 1. The molecule has 3 aliphatic heterocycles. The Hall–Kier alpha value is -4.85. The number of aromatic nitrogens is 4. The van der Waals surface area contributed by atoms with Gasteiger partial charge in [-0.05, 0) is 68.2 Å². The molecule has 2 aromatic heterocycles. The van der Waals surface area contributed by atoms with E-state index < -0.39 is 0 Å². The van der Waals surface area contributed by atoms with E-state index in [1.54, 1.807) is 31.4 Å². The zero-order chi connectivity index (χ0) is 34.1. The van der Waals surface area contributed by atoms with Crippen LogP contribution in [0.3, 0.4) is 0 Å². The summed E-state index contributed by atoms with van der Waals surface area (Å²) in [7, 11) is 3.49. The molecule has 0 radical (unpaired) electrons. The number of amides is 3. The molecule has 2 aromatic carbocycles. The molecular weight excluding hydrogens is 622 g/mol. The van der Waals surface area contributed by atoms with E-state index in [2.05, 4.69) is 30.9 Å². The lowest BCUT2D eigenvalue weighted by molar-refractivity contribution is -0.162. The Morgan fingerprint density at radius 2 is 1.67 bits per heavy atom. The summed E-state index contributed by atoms with van der Waals surface area (Å²) in [5.74, 6) is -0.0661. The van der Waals surface area contributed by atoms with E-state index in [0.717, 1.165) is 55.0 Å². The number of ether oxygens (including phenoxy) is 1. The van der Waals surface area contributed by atoms with Crippen molar-refractivity contribution in [1.29, 1.82) is 0 Å². The second-order valence-electron chi connectivity index (χ2n) is 13.4. The van der Waals surface area contributed by atoms with Crippen molar-refractivity contribution in [1.82, 2.24) is 39.8 Å². The lowest BCUT2D eigenvalue weighted by atomic mass is 9.88. The number of nitrogens with zero attached hydrogens (tertiary/aromatic N) is 6. The predicted molar refractivity (Wildman–Crippen MR) is 183 cm³/mol. The van der Waals surface area contributed by atoms with Crippen LogP contribution in [0.5, 0.6) is 0 Å². The molecule has 0 bridgehead atoms. The van der Waals surface area contributed by atoms with Crippen molar-refractivity contribution >= 4 is 23.4 Å². The molecule has 7 rings (SSSR count). The Morgan fingerprint density at radius 3 is 2.35 bits per heavy atom. The number of anilines is 1. The van der Waals surface area contributed by atoms with Crippen LogP contribution in [0.4, 0.5) is 5.69 Å². The minimum absolute atomic E-state index is 0.0217. The number of hydrogen-bond acceptors (Lipinski definition) is 8. The number of carbonyl (C=O) groups is 3. The number of piperidine rings is 1. The van der Waals surface area contributed by atoms with Crippen molar-refractivity contribution < 1.29 is 19.1 Å². The maximum atomic E-state index is 13.4. The smallest absolute Gasteiger partial charge is 0.287 e. The Labute approximate surface area is 285 Å². The Bertz CT molecular complexity index is 1830. The second kappa shape index (κ2) is 13.6. The molecule has 2 fully saturated rings. The van der Waals surface area contributed by atoms with Gasteiger partial charge in [0.05, 0.1) is 42.9 Å². The SMILES string of the molecule is Cc1c(C(=O)Nc2ccc(CNC(=O)c3ncc4n3CCN(Cc3ccc(C(=O)N(C)C)cc3)C43COC3)cc2)cnn1C1CCNCC1. The van der Waals surface area contributed by atoms with Crippen LogP contribution in [0.2, 0.25) is 0 Å². The van der Waals surface area contributed by atoms with Crippen LogP contribution in [-0.4, -0.2) is 93.8 Å². The third kappa shape index (κ3) is 6.36. The van der Waals surface area contributed by atoms with Crippen molar-refractivity contribution in [3.8, 4) is 0 Å². The summed E-state index contributed by atoms with van der Waals surface area (Å²) in [6, 6.07) is 15.5. The maximum absolute atomic E-state index is 13.4. The first kappa shape index (κ1) is 32.7. The lowest BCUT2D eigenvalue weighted by Gasteiger charge is -2.52. The zero-order valence-corrected chi connectivity index (χ0v) is 28.2. The highest BCUT2D eigenvalue weighted by Crippen LogP contribution is 2.40. The molecule has 2 saturated heterocycles. The molecule has 49 heavy (non-hydrogen) atoms. The average molecular weight is 666 g/mol. The minimum Gasteiger partial charge on any atom is -0.377 e. The largest absolute Gasteiger partial charge is 0.377 e. The van der Waals surface area contributed by atoms with Gasteiger partial charge in [-0.15, -0.1) is 0 Å². The van der Waals surface area contributed by atoms with Crippen LogP contribution in [0, 0.1) is 6.92 Å². The van der Waals surface area contributed by atoms with Gasteiger partial charge in [-0.25, -0.2) is 4.98 Å². The van der Waals surface area contributed by atoms with E-state index in [-0.39, 0.29) is 23.3 Å². The number of benzene rings is 2. The van der Waals surface area contributed by atoms with Crippen LogP contribution in [0.25, 0.3) is 0 Å². The average Bonchev–Trinajstić information content (AvgIpc) is 3.71. The Balaban J connectivity index is 0.956. The summed E-state index contributed by atoms with van der Waals surface area (Å²) < 4.78 is 9.71. The number of hydrogen-bond donors (Lipinski definition) is 3. The Kier molecular flexibility index (Phi) is 9.05. The van der Waals surface area contributed by atoms with Gasteiger partial charge in [0.2, 0.25) is 0 Å². The summed E-state index contributed by atoms with van der Waals surface area (Å²) in [6.07, 6.45) is 5.45. The number of nitrogens with one attached hydrogen (secondary N) is 3. The van der Waals surface area contributed by atoms with Gasteiger partial charge in [0, 0.05) is 57.2 Å². The van der Waals surface area contributed by atoms with Gasteiger partial charge in [0.25, 0.3) is 17.7 Å². The lowest BCUT2D eigenvalue weighted by Crippen LogP contribution is -2.63. The Morgan fingerprint density at radius 1 is 0.959 bits per heavy atom. The van der Waals surface area contributed by atoms with E-state index in [1.165, 1.54) is 0 Å². The highest BCUT2D eigenvalue weighted by atomic mass is 16.5. The number of carbonyl (C=O) groups excluding carboxylic acids is 3. The molecular formula is C36H43N9O4. The van der Waals surface area contributed by atoms with E-state index in [9.17, 15) is 14.4 Å². The highest BCUT2D eigenvalue weighted by Gasteiger charge is 2.50. The predicted octanol–water partition coefficient (Wildman–Crippen LogP) is 2.94. The summed E-state index contributed by atoms with van der Waals surface area (Å²) in [5, 5.41) is 13.9. The normalized spacial score (nSPS) is 17.3. The van der Waals surface area contributed by atoms with Crippen LogP contribution < -0.4 is 16.0 Å². The molecule has 13 heteroatoms. The van der Waals surface area contributed by atoms with Crippen molar-refractivity contribution in [2.45, 2.75) is 51.0 Å². The van der Waals surface area contributed by atoms with Gasteiger partial charge >= 0.3 is 0 Å². The molecule has 0 unspecified atom stereocenters. The summed E-state index contributed by atoms with van der Waals surface area (Å²) in [5.41, 5.74) is 5.41. The van der Waals surface area contributed by atoms with Gasteiger partial charge < -0.3 is 30.2 Å². The summed E-state index contributed by atoms with van der Waals surface area (Å²) in [6.45, 7) is 7.29. The molecule has 3 aliphatic rings. The zero-order valence-electron chi connectivity index (χ0n) is 28.2. The van der Waals surface area contributed by atoms with Crippen LogP contribution in [0.1, 0.15) is 72.7 Å². The van der Waals surface area contributed by atoms with E-state index >= 15 is 0 Å². The molecule has 0 saturated carbocycles. The monoisotopic (exact) mass is 665 g/mol. The molecule has 13 nitrogen and oxygen atoms in total. The highest BCUT2D eigenvalue weighted by molar-refractivity contribution is 6.04. The molecule has 3 amide bonds. The third-order valence-corrected chi connectivity index (χ3v) is 10.0. The molecule has 5 heterocycles. The van der Waals surface area contributed by atoms with Crippen molar-refractivity contribution in [2.24, 2.45) is 0 Å². The maximum Gasteiger partial charge on any atom is 0.287 e. The van der Waals surface area contributed by atoms with Crippen molar-refractivity contribution in [2.75, 3.05) is 52.3 Å². The van der Waals surface area contributed by atoms with Gasteiger partial charge in [-0.1, -0.05) is 24.3 Å². The summed E-state index contributed by atoms with van der Waals surface area (Å²) in [4.78, 5) is 47.2. The fourth-order valence-corrected chi connectivity index (χ4v) is 7.07. The standard InChI is InChI=1S/C36H43N9O4/c1-24-30(19-40-45(24)29-12-14-37-15-13-29)33(46)41-28-10-6-25(7-11-28)18-39-34(47)32-38-20-31-36(22-49-23-36)43(16-17-44(31)32)21-26-4-8-27(9-5-26)35(48)42(2)3/h4-11,19-20,29,37H,12-18,21-23H2,1-3H3,(H,39,47)(H,41,46). The van der Waals surface area contributed by atoms with Crippen molar-refractivity contribution in [3.05, 3.63) is 100 Å². The molecule has 0 aliphatic carbocycles. The van der Waals surface area contributed by atoms with E-state index in [1.807, 2.05) is 64.7 Å². The topological polar surface area (TPSA) is 139 Å².